The minimum Gasteiger partial charge on any atom is -0.339 e. The minimum atomic E-state index is -0.318. The van der Waals surface area contributed by atoms with Gasteiger partial charge in [0, 0.05) is 4.47 Å². The van der Waals surface area contributed by atoms with E-state index >= 15 is 0 Å². The summed E-state index contributed by atoms with van der Waals surface area (Å²) in [5, 5.41) is 11.7. The summed E-state index contributed by atoms with van der Waals surface area (Å²) in [6, 6.07) is 11.3. The highest BCUT2D eigenvalue weighted by molar-refractivity contribution is 9.10. The fraction of sp³-hybridized carbons (Fsp3) is 0. The van der Waals surface area contributed by atoms with Crippen LogP contribution in [0.3, 0.4) is 0 Å². The monoisotopic (exact) mass is 291 g/mol. The van der Waals surface area contributed by atoms with Crippen molar-refractivity contribution in [2.75, 3.05) is 5.32 Å². The van der Waals surface area contributed by atoms with Crippen LogP contribution in [0, 0.1) is 17.1 Å². The molecule has 0 radical (unpaired) electrons. The van der Waals surface area contributed by atoms with Crippen LogP contribution in [0.1, 0.15) is 5.69 Å². The standard InChI is InChI=1S/C12H7BrFN3/c13-10-6-8(14)4-5-11(10)17-12-3-1-2-9(7-15)16-12/h1-6H,(H,16,17). The Morgan fingerprint density at radius 1 is 1.29 bits per heavy atom. The largest absolute Gasteiger partial charge is 0.339 e. The predicted molar refractivity (Wildman–Crippen MR) is 66.3 cm³/mol. The number of halogens is 2. The van der Waals surface area contributed by atoms with Gasteiger partial charge in [-0.15, -0.1) is 0 Å². The molecule has 0 bridgehead atoms. The second kappa shape index (κ2) is 4.93. The maximum atomic E-state index is 12.9. The second-order valence-corrected chi connectivity index (χ2v) is 4.12. The van der Waals surface area contributed by atoms with Crippen LogP contribution in [-0.4, -0.2) is 4.98 Å². The van der Waals surface area contributed by atoms with Gasteiger partial charge < -0.3 is 5.32 Å². The van der Waals surface area contributed by atoms with Gasteiger partial charge in [-0.25, -0.2) is 9.37 Å². The maximum absolute atomic E-state index is 12.9. The zero-order valence-corrected chi connectivity index (χ0v) is 10.2. The summed E-state index contributed by atoms with van der Waals surface area (Å²) in [6.45, 7) is 0. The number of pyridine rings is 1. The molecule has 5 heteroatoms. The van der Waals surface area contributed by atoms with E-state index in [-0.39, 0.29) is 5.82 Å². The lowest BCUT2D eigenvalue weighted by Gasteiger charge is -2.07. The molecule has 0 spiro atoms. The Kier molecular flexibility index (Phi) is 3.35. The molecule has 0 saturated heterocycles. The van der Waals surface area contributed by atoms with Gasteiger partial charge >= 0.3 is 0 Å². The molecule has 0 amide bonds. The first-order chi connectivity index (χ1) is 8.19. The Labute approximate surface area is 106 Å². The van der Waals surface area contributed by atoms with Gasteiger partial charge in [0.15, 0.2) is 0 Å². The number of benzene rings is 1. The van der Waals surface area contributed by atoms with E-state index in [1.807, 2.05) is 6.07 Å². The number of aromatic nitrogens is 1. The van der Waals surface area contributed by atoms with Crippen molar-refractivity contribution in [3.63, 3.8) is 0 Å². The van der Waals surface area contributed by atoms with Crippen LogP contribution in [0.25, 0.3) is 0 Å². The fourth-order valence-electron chi connectivity index (χ4n) is 1.30. The quantitative estimate of drug-likeness (QED) is 0.920. The van der Waals surface area contributed by atoms with Crippen LogP contribution in [0.5, 0.6) is 0 Å². The van der Waals surface area contributed by atoms with Crippen LogP contribution >= 0.6 is 15.9 Å². The number of anilines is 2. The average Bonchev–Trinajstić information content (AvgIpc) is 2.33. The summed E-state index contributed by atoms with van der Waals surface area (Å²) in [6.07, 6.45) is 0. The average molecular weight is 292 g/mol. The number of nitriles is 1. The molecular formula is C12H7BrFN3. The fourth-order valence-corrected chi connectivity index (χ4v) is 1.75. The minimum absolute atomic E-state index is 0.318. The van der Waals surface area contributed by atoms with Gasteiger partial charge in [-0.3, -0.25) is 0 Å². The van der Waals surface area contributed by atoms with Crippen LogP contribution in [0.2, 0.25) is 0 Å². The molecular weight excluding hydrogens is 285 g/mol. The van der Waals surface area contributed by atoms with E-state index in [1.54, 1.807) is 24.3 Å². The first-order valence-electron chi connectivity index (χ1n) is 4.78. The van der Waals surface area contributed by atoms with E-state index in [9.17, 15) is 4.39 Å². The molecule has 84 valence electrons. The molecule has 3 nitrogen and oxygen atoms in total. The number of rotatable bonds is 2. The first kappa shape index (κ1) is 11.6. The van der Waals surface area contributed by atoms with Crippen molar-refractivity contribution in [3.8, 4) is 6.07 Å². The lowest BCUT2D eigenvalue weighted by atomic mass is 10.3. The normalized spacial score (nSPS) is 9.71. The van der Waals surface area contributed by atoms with Crippen molar-refractivity contribution in [2.45, 2.75) is 0 Å². The van der Waals surface area contributed by atoms with Gasteiger partial charge in [0.25, 0.3) is 0 Å². The summed E-state index contributed by atoms with van der Waals surface area (Å²) >= 11 is 3.24. The van der Waals surface area contributed by atoms with Gasteiger partial charge in [0.1, 0.15) is 23.4 Å². The predicted octanol–water partition coefficient (Wildman–Crippen LogP) is 3.60. The van der Waals surface area contributed by atoms with Crippen molar-refractivity contribution in [1.29, 1.82) is 5.26 Å². The van der Waals surface area contributed by atoms with Crippen LogP contribution in [0.15, 0.2) is 40.9 Å². The molecule has 0 saturated carbocycles. The summed E-state index contributed by atoms with van der Waals surface area (Å²) in [4.78, 5) is 4.06. The number of hydrogen-bond donors (Lipinski definition) is 1. The Bertz CT molecular complexity index is 593. The van der Waals surface area contributed by atoms with Gasteiger partial charge in [0.05, 0.1) is 5.69 Å². The summed E-state index contributed by atoms with van der Waals surface area (Å²) < 4.78 is 13.5. The number of hydrogen-bond acceptors (Lipinski definition) is 3. The molecule has 1 aromatic carbocycles. The molecule has 0 aliphatic carbocycles. The van der Waals surface area contributed by atoms with E-state index in [0.29, 0.717) is 21.7 Å². The molecule has 0 unspecified atom stereocenters. The molecule has 0 aliphatic heterocycles. The molecule has 2 aromatic rings. The summed E-state index contributed by atoms with van der Waals surface area (Å²) in [5.74, 6) is 0.220. The maximum Gasteiger partial charge on any atom is 0.142 e. The molecule has 0 atom stereocenters. The first-order valence-corrected chi connectivity index (χ1v) is 5.57. The van der Waals surface area contributed by atoms with Crippen molar-refractivity contribution in [1.82, 2.24) is 4.98 Å². The van der Waals surface area contributed by atoms with E-state index in [1.165, 1.54) is 12.1 Å². The molecule has 1 aromatic heterocycles. The van der Waals surface area contributed by atoms with Gasteiger partial charge in [-0.2, -0.15) is 5.26 Å². The third-order valence-corrected chi connectivity index (χ3v) is 2.71. The number of nitrogens with one attached hydrogen (secondary N) is 1. The Hall–Kier alpha value is -1.93. The van der Waals surface area contributed by atoms with Crippen LogP contribution < -0.4 is 5.32 Å². The second-order valence-electron chi connectivity index (χ2n) is 3.27. The Morgan fingerprint density at radius 2 is 2.12 bits per heavy atom. The lowest BCUT2D eigenvalue weighted by Crippen LogP contribution is -1.95. The summed E-state index contributed by atoms with van der Waals surface area (Å²) in [7, 11) is 0. The van der Waals surface area contributed by atoms with Crippen LogP contribution in [0.4, 0.5) is 15.9 Å². The SMILES string of the molecule is N#Cc1cccc(Nc2ccc(F)cc2Br)n1. The van der Waals surface area contributed by atoms with Gasteiger partial charge in [0.2, 0.25) is 0 Å². The van der Waals surface area contributed by atoms with Crippen molar-refractivity contribution in [2.24, 2.45) is 0 Å². The highest BCUT2D eigenvalue weighted by atomic mass is 79.9. The zero-order valence-electron chi connectivity index (χ0n) is 8.61. The highest BCUT2D eigenvalue weighted by Gasteiger charge is 2.03. The zero-order chi connectivity index (χ0) is 12.3. The molecule has 0 fully saturated rings. The molecule has 2 rings (SSSR count). The summed E-state index contributed by atoms with van der Waals surface area (Å²) in [5.41, 5.74) is 1.02. The van der Waals surface area contributed by atoms with E-state index in [2.05, 4.69) is 26.2 Å². The molecule has 1 N–H and O–H groups in total. The van der Waals surface area contributed by atoms with E-state index < -0.39 is 0 Å². The van der Waals surface area contributed by atoms with Crippen LogP contribution in [-0.2, 0) is 0 Å². The van der Waals surface area contributed by atoms with Crippen molar-refractivity contribution in [3.05, 3.63) is 52.4 Å². The number of nitrogens with zero attached hydrogens (tertiary/aromatic N) is 2. The molecule has 0 aliphatic rings. The molecule has 17 heavy (non-hydrogen) atoms. The highest BCUT2D eigenvalue weighted by Crippen LogP contribution is 2.25. The third-order valence-electron chi connectivity index (χ3n) is 2.06. The van der Waals surface area contributed by atoms with Gasteiger partial charge in [-0.1, -0.05) is 6.07 Å². The lowest BCUT2D eigenvalue weighted by molar-refractivity contribution is 0.627. The third kappa shape index (κ3) is 2.80. The Balaban J connectivity index is 2.28. The van der Waals surface area contributed by atoms with Crippen molar-refractivity contribution < 1.29 is 4.39 Å². The van der Waals surface area contributed by atoms with E-state index in [0.717, 1.165) is 0 Å². The van der Waals surface area contributed by atoms with Gasteiger partial charge in [-0.05, 0) is 46.3 Å². The topological polar surface area (TPSA) is 48.7 Å². The smallest absolute Gasteiger partial charge is 0.142 e. The van der Waals surface area contributed by atoms with Crippen molar-refractivity contribution >= 4 is 27.4 Å². The van der Waals surface area contributed by atoms with E-state index in [4.69, 9.17) is 5.26 Å². The molecule has 1 heterocycles. The Morgan fingerprint density at radius 3 is 2.82 bits per heavy atom.